The van der Waals surface area contributed by atoms with Crippen LogP contribution in [0, 0.1) is 10.1 Å². The molecule has 0 aliphatic rings. The standard InChI is InChI=1S/C12H12N4O3S2/c1-2-20-12-14-11(21-15-12)13-7-10(17)8-3-5-9(6-4-8)16(18)19/h3-6H,2,7H2,1H3,(H,13,14,15). The third kappa shape index (κ3) is 4.23. The minimum absolute atomic E-state index is 0.0372. The third-order valence-corrected chi connectivity index (χ3v) is 4.00. The number of carbonyl (C=O) groups excluding carboxylic acids is 1. The molecule has 1 aromatic carbocycles. The Morgan fingerprint density at radius 2 is 2.14 bits per heavy atom. The van der Waals surface area contributed by atoms with Crippen molar-refractivity contribution >= 4 is 39.9 Å². The molecule has 0 spiro atoms. The Bertz CT molecular complexity index is 642. The van der Waals surface area contributed by atoms with Gasteiger partial charge in [-0.25, -0.2) is 0 Å². The number of carbonyl (C=O) groups is 1. The van der Waals surface area contributed by atoms with Crippen molar-refractivity contribution in [3.05, 3.63) is 39.9 Å². The molecule has 1 aromatic heterocycles. The van der Waals surface area contributed by atoms with Crippen molar-refractivity contribution in [3.8, 4) is 0 Å². The molecule has 2 rings (SSSR count). The zero-order chi connectivity index (χ0) is 15.2. The van der Waals surface area contributed by atoms with Gasteiger partial charge in [-0.15, -0.1) is 0 Å². The summed E-state index contributed by atoms with van der Waals surface area (Å²) in [5, 5.41) is 14.7. The average molecular weight is 324 g/mol. The number of hydrogen-bond acceptors (Lipinski definition) is 8. The van der Waals surface area contributed by atoms with Gasteiger partial charge in [0, 0.05) is 29.2 Å². The monoisotopic (exact) mass is 324 g/mol. The normalized spacial score (nSPS) is 10.3. The van der Waals surface area contributed by atoms with E-state index in [1.54, 1.807) is 0 Å². The Morgan fingerprint density at radius 3 is 2.76 bits per heavy atom. The van der Waals surface area contributed by atoms with Gasteiger partial charge in [-0.2, -0.15) is 9.36 Å². The van der Waals surface area contributed by atoms with Gasteiger partial charge in [-0.05, 0) is 17.9 Å². The predicted molar refractivity (Wildman–Crippen MR) is 82.2 cm³/mol. The van der Waals surface area contributed by atoms with E-state index in [1.165, 1.54) is 47.6 Å². The van der Waals surface area contributed by atoms with Gasteiger partial charge in [0.15, 0.2) is 5.78 Å². The molecule has 9 heteroatoms. The molecule has 0 saturated carbocycles. The first-order valence-corrected chi connectivity index (χ1v) is 7.84. The molecule has 110 valence electrons. The molecule has 0 saturated heterocycles. The number of anilines is 1. The molecule has 1 heterocycles. The van der Waals surface area contributed by atoms with Crippen LogP contribution in [0.25, 0.3) is 0 Å². The third-order valence-electron chi connectivity index (χ3n) is 2.48. The van der Waals surface area contributed by atoms with Crippen LogP contribution in [0.3, 0.4) is 0 Å². The SMILES string of the molecule is CCSc1nsc(NCC(=O)c2ccc([N+](=O)[O-])cc2)n1. The highest BCUT2D eigenvalue weighted by Crippen LogP contribution is 2.19. The molecule has 0 unspecified atom stereocenters. The fraction of sp³-hybridized carbons (Fsp3) is 0.250. The van der Waals surface area contributed by atoms with Crippen molar-refractivity contribution < 1.29 is 9.72 Å². The number of hydrogen-bond donors (Lipinski definition) is 1. The van der Waals surface area contributed by atoms with Crippen molar-refractivity contribution in [2.45, 2.75) is 12.1 Å². The van der Waals surface area contributed by atoms with Gasteiger partial charge in [0.1, 0.15) is 0 Å². The summed E-state index contributed by atoms with van der Waals surface area (Å²) in [5.74, 6) is 0.725. The first-order valence-electron chi connectivity index (χ1n) is 6.08. The highest BCUT2D eigenvalue weighted by molar-refractivity contribution is 7.99. The molecule has 7 nitrogen and oxygen atoms in total. The van der Waals surface area contributed by atoms with Crippen molar-refractivity contribution in [2.75, 3.05) is 17.6 Å². The second kappa shape index (κ2) is 7.14. The molecule has 0 aliphatic carbocycles. The fourth-order valence-corrected chi connectivity index (χ4v) is 2.76. The van der Waals surface area contributed by atoms with E-state index < -0.39 is 4.92 Å². The van der Waals surface area contributed by atoms with Crippen molar-refractivity contribution in [1.82, 2.24) is 9.36 Å². The van der Waals surface area contributed by atoms with E-state index in [0.717, 1.165) is 5.75 Å². The summed E-state index contributed by atoms with van der Waals surface area (Å²) in [7, 11) is 0. The zero-order valence-corrected chi connectivity index (χ0v) is 12.7. The molecule has 0 amide bonds. The first-order chi connectivity index (χ1) is 10.1. The maximum Gasteiger partial charge on any atom is 0.269 e. The van der Waals surface area contributed by atoms with Gasteiger partial charge in [0.05, 0.1) is 11.5 Å². The minimum atomic E-state index is -0.499. The van der Waals surface area contributed by atoms with E-state index >= 15 is 0 Å². The maximum atomic E-state index is 12.0. The second-order valence-corrected chi connectivity index (χ2v) is 5.88. The lowest BCUT2D eigenvalue weighted by molar-refractivity contribution is -0.384. The molecule has 0 radical (unpaired) electrons. The summed E-state index contributed by atoms with van der Waals surface area (Å²) in [6.07, 6.45) is 0. The minimum Gasteiger partial charge on any atom is -0.353 e. The van der Waals surface area contributed by atoms with Gasteiger partial charge in [-0.1, -0.05) is 18.7 Å². The van der Waals surface area contributed by atoms with E-state index in [0.29, 0.717) is 15.9 Å². The van der Waals surface area contributed by atoms with E-state index in [-0.39, 0.29) is 18.0 Å². The highest BCUT2D eigenvalue weighted by atomic mass is 32.2. The molecular weight excluding hydrogens is 312 g/mol. The van der Waals surface area contributed by atoms with E-state index in [9.17, 15) is 14.9 Å². The van der Waals surface area contributed by atoms with Crippen LogP contribution in [0.5, 0.6) is 0 Å². The van der Waals surface area contributed by atoms with Crippen LogP contribution in [-0.2, 0) is 0 Å². The van der Waals surface area contributed by atoms with Crippen molar-refractivity contribution in [1.29, 1.82) is 0 Å². The van der Waals surface area contributed by atoms with E-state index in [1.807, 2.05) is 6.92 Å². The molecule has 0 bridgehead atoms. The topological polar surface area (TPSA) is 98.0 Å². The van der Waals surface area contributed by atoms with Crippen LogP contribution in [0.2, 0.25) is 0 Å². The van der Waals surface area contributed by atoms with Crippen LogP contribution in [0.1, 0.15) is 17.3 Å². The predicted octanol–water partition coefficient (Wildman–Crippen LogP) is 2.85. The van der Waals surface area contributed by atoms with Crippen LogP contribution < -0.4 is 5.32 Å². The van der Waals surface area contributed by atoms with E-state index in [2.05, 4.69) is 14.7 Å². The number of aromatic nitrogens is 2. The number of thioether (sulfide) groups is 1. The second-order valence-electron chi connectivity index (χ2n) is 3.90. The Hall–Kier alpha value is -2.00. The van der Waals surface area contributed by atoms with E-state index in [4.69, 9.17) is 0 Å². The molecule has 2 aromatic rings. The summed E-state index contributed by atoms with van der Waals surface area (Å²) >= 11 is 2.73. The number of rotatable bonds is 7. The Labute approximate surface area is 129 Å². The Kier molecular flexibility index (Phi) is 5.23. The number of non-ortho nitro benzene ring substituents is 1. The largest absolute Gasteiger partial charge is 0.353 e. The number of nitrogens with zero attached hydrogens (tertiary/aromatic N) is 3. The summed E-state index contributed by atoms with van der Waals surface area (Å²) in [6, 6.07) is 5.52. The molecule has 0 fully saturated rings. The Morgan fingerprint density at radius 1 is 1.43 bits per heavy atom. The van der Waals surface area contributed by atoms with Crippen molar-refractivity contribution in [2.24, 2.45) is 0 Å². The summed E-state index contributed by atoms with van der Waals surface area (Å²) in [5.41, 5.74) is 0.380. The summed E-state index contributed by atoms with van der Waals surface area (Å²) in [6.45, 7) is 2.08. The molecular formula is C12H12N4O3S2. The number of ketones is 1. The number of benzene rings is 1. The van der Waals surface area contributed by atoms with Crippen LogP contribution in [0.4, 0.5) is 10.8 Å². The van der Waals surface area contributed by atoms with Gasteiger partial charge in [0.2, 0.25) is 10.3 Å². The van der Waals surface area contributed by atoms with Crippen molar-refractivity contribution in [3.63, 3.8) is 0 Å². The maximum absolute atomic E-state index is 12.0. The lowest BCUT2D eigenvalue weighted by Crippen LogP contribution is -2.13. The zero-order valence-electron chi connectivity index (χ0n) is 11.1. The van der Waals surface area contributed by atoms with Crippen LogP contribution >= 0.6 is 23.3 Å². The lowest BCUT2D eigenvalue weighted by atomic mass is 10.1. The molecule has 1 N–H and O–H groups in total. The fourth-order valence-electron chi connectivity index (χ4n) is 1.50. The van der Waals surface area contributed by atoms with Gasteiger partial charge in [0.25, 0.3) is 5.69 Å². The van der Waals surface area contributed by atoms with Gasteiger partial charge >= 0.3 is 0 Å². The molecule has 0 aliphatic heterocycles. The first kappa shape index (κ1) is 15.4. The smallest absolute Gasteiger partial charge is 0.269 e. The van der Waals surface area contributed by atoms with Gasteiger partial charge in [-0.3, -0.25) is 14.9 Å². The summed E-state index contributed by atoms with van der Waals surface area (Å²) < 4.78 is 4.13. The van der Waals surface area contributed by atoms with Crippen LogP contribution in [0.15, 0.2) is 29.4 Å². The van der Waals surface area contributed by atoms with Crippen LogP contribution in [-0.4, -0.2) is 32.4 Å². The number of nitro benzene ring substituents is 1. The average Bonchev–Trinajstić information content (AvgIpc) is 2.93. The van der Waals surface area contributed by atoms with Gasteiger partial charge < -0.3 is 5.32 Å². The number of nitrogens with one attached hydrogen (secondary N) is 1. The number of nitro groups is 1. The molecule has 0 atom stereocenters. The quantitative estimate of drug-likeness (QED) is 0.362. The Balaban J connectivity index is 1.92. The lowest BCUT2D eigenvalue weighted by Gasteiger charge is -2.01. The number of Topliss-reactive ketones (excluding diaryl/α,β-unsaturated/α-hetero) is 1. The summed E-state index contributed by atoms with van der Waals surface area (Å²) in [4.78, 5) is 26.2. The highest BCUT2D eigenvalue weighted by Gasteiger charge is 2.10. The molecule has 21 heavy (non-hydrogen) atoms.